The number of carbonyl (C=O) groups is 3. The van der Waals surface area contributed by atoms with Crippen LogP contribution in [0.15, 0.2) is 36.0 Å². The predicted molar refractivity (Wildman–Crippen MR) is 181 cm³/mol. The van der Waals surface area contributed by atoms with Gasteiger partial charge in [0.05, 0.1) is 18.8 Å². The molecule has 272 valence electrons. The minimum atomic E-state index is -1.47. The molecule has 0 radical (unpaired) electrons. The van der Waals surface area contributed by atoms with E-state index in [0.29, 0.717) is 24.0 Å². The first kappa shape index (κ1) is 39.9. The molecule has 3 aliphatic rings. The number of hydrogen-bond acceptors (Lipinski definition) is 10. The maximum Gasteiger partial charge on any atom is 0.306 e. The summed E-state index contributed by atoms with van der Waals surface area (Å²) < 4.78 is 23.6. The summed E-state index contributed by atoms with van der Waals surface area (Å²) in [5.74, 6) is -2.88. The van der Waals surface area contributed by atoms with Crippen LogP contribution in [-0.2, 0) is 33.3 Å². The Morgan fingerprint density at radius 2 is 1.54 bits per heavy atom. The Morgan fingerprint density at radius 3 is 2.08 bits per heavy atom. The first-order valence-corrected chi connectivity index (χ1v) is 18.1. The molecule has 1 heterocycles. The van der Waals surface area contributed by atoms with E-state index in [4.69, 9.17) is 18.9 Å². The number of carbonyl (C=O) groups excluding carboxylic acids is 3. The van der Waals surface area contributed by atoms with Crippen molar-refractivity contribution < 1.29 is 48.7 Å². The van der Waals surface area contributed by atoms with Gasteiger partial charge in [0.2, 0.25) is 12.6 Å². The highest BCUT2D eigenvalue weighted by molar-refractivity contribution is 5.70. The van der Waals surface area contributed by atoms with Crippen LogP contribution in [0.4, 0.5) is 0 Å². The van der Waals surface area contributed by atoms with Crippen molar-refractivity contribution in [1.82, 2.24) is 0 Å². The summed E-state index contributed by atoms with van der Waals surface area (Å²) in [6.45, 7) is 12.0. The van der Waals surface area contributed by atoms with Crippen molar-refractivity contribution in [1.29, 1.82) is 0 Å². The van der Waals surface area contributed by atoms with E-state index in [1.165, 1.54) is 64.9 Å². The van der Waals surface area contributed by atoms with Crippen LogP contribution in [0.3, 0.4) is 0 Å². The van der Waals surface area contributed by atoms with E-state index in [9.17, 15) is 29.7 Å². The fourth-order valence-electron chi connectivity index (χ4n) is 8.21. The predicted octanol–water partition coefficient (Wildman–Crippen LogP) is 6.21. The Labute approximate surface area is 286 Å². The largest absolute Gasteiger partial charge is 0.458 e. The van der Waals surface area contributed by atoms with Crippen molar-refractivity contribution in [3.05, 3.63) is 36.0 Å². The average Bonchev–Trinajstić information content (AvgIpc) is 3.32. The molecule has 1 saturated heterocycles. The fourth-order valence-corrected chi connectivity index (χ4v) is 8.21. The van der Waals surface area contributed by atoms with Crippen molar-refractivity contribution in [2.24, 2.45) is 22.7 Å². The third-order valence-electron chi connectivity index (χ3n) is 11.0. The normalized spacial score (nSPS) is 32.9. The molecule has 10 nitrogen and oxygen atoms in total. The molecule has 0 aromatic heterocycles. The van der Waals surface area contributed by atoms with E-state index in [-0.39, 0.29) is 19.4 Å². The van der Waals surface area contributed by atoms with Gasteiger partial charge in [0, 0.05) is 25.8 Å². The van der Waals surface area contributed by atoms with Crippen LogP contribution in [0.25, 0.3) is 0 Å². The van der Waals surface area contributed by atoms with Crippen LogP contribution >= 0.6 is 0 Å². The number of esters is 3. The zero-order valence-electron chi connectivity index (χ0n) is 29.8. The van der Waals surface area contributed by atoms with Crippen LogP contribution in [0.5, 0.6) is 0 Å². The minimum Gasteiger partial charge on any atom is -0.458 e. The summed E-state index contributed by atoms with van der Waals surface area (Å²) in [5, 5.41) is 33.1. The first-order chi connectivity index (χ1) is 22.9. The Bertz CT molecular complexity index is 1160. The van der Waals surface area contributed by atoms with Gasteiger partial charge in [-0.1, -0.05) is 104 Å². The second-order valence-electron chi connectivity index (χ2n) is 14.3. The van der Waals surface area contributed by atoms with Gasteiger partial charge >= 0.3 is 17.9 Å². The van der Waals surface area contributed by atoms with Crippen LogP contribution in [0, 0.1) is 22.7 Å². The van der Waals surface area contributed by atoms with Crippen molar-refractivity contribution >= 4 is 17.9 Å². The van der Waals surface area contributed by atoms with Crippen molar-refractivity contribution in [2.75, 3.05) is 6.61 Å². The first-order valence-electron chi connectivity index (χ1n) is 18.1. The van der Waals surface area contributed by atoms with Gasteiger partial charge in [-0.25, -0.2) is 0 Å². The molecular formula is C38H60O10. The molecule has 2 aliphatic carbocycles. The van der Waals surface area contributed by atoms with Gasteiger partial charge in [-0.2, -0.15) is 0 Å². The number of unbranched alkanes of at least 4 members (excludes halogenated alkanes) is 10. The molecule has 0 unspecified atom stereocenters. The molecule has 3 N–H and O–H groups in total. The third-order valence-corrected chi connectivity index (χ3v) is 11.0. The van der Waals surface area contributed by atoms with Gasteiger partial charge < -0.3 is 29.5 Å². The fraction of sp³-hybridized carbons (Fsp3) is 0.763. The summed E-state index contributed by atoms with van der Waals surface area (Å²) in [6, 6.07) is 0. The average molecular weight is 677 g/mol. The van der Waals surface area contributed by atoms with E-state index in [1.807, 2.05) is 19.9 Å². The second kappa shape index (κ2) is 18.5. The highest BCUT2D eigenvalue weighted by Gasteiger charge is 2.74. The van der Waals surface area contributed by atoms with E-state index in [0.717, 1.165) is 19.3 Å². The molecule has 9 atom stereocenters. The van der Waals surface area contributed by atoms with Crippen molar-refractivity contribution in [3.8, 4) is 0 Å². The lowest BCUT2D eigenvalue weighted by Crippen LogP contribution is -2.68. The monoisotopic (exact) mass is 676 g/mol. The van der Waals surface area contributed by atoms with Gasteiger partial charge in [-0.15, -0.1) is 0 Å². The topological polar surface area (TPSA) is 149 Å². The third kappa shape index (κ3) is 9.17. The lowest BCUT2D eigenvalue weighted by Gasteiger charge is -2.62. The Morgan fingerprint density at radius 1 is 0.958 bits per heavy atom. The van der Waals surface area contributed by atoms with Gasteiger partial charge in [-0.05, 0) is 48.2 Å². The van der Waals surface area contributed by atoms with Gasteiger partial charge in [0.25, 0.3) is 0 Å². The quantitative estimate of drug-likeness (QED) is 0.0474. The number of hydrogen-bond donors (Lipinski definition) is 3. The number of ether oxygens (including phenoxy) is 4. The van der Waals surface area contributed by atoms with E-state index >= 15 is 0 Å². The van der Waals surface area contributed by atoms with Crippen LogP contribution in [0.1, 0.15) is 125 Å². The lowest BCUT2D eigenvalue weighted by molar-refractivity contribution is -0.276. The molecule has 0 aromatic rings. The number of allylic oxidation sites excluding steroid dienone is 1. The van der Waals surface area contributed by atoms with E-state index in [1.54, 1.807) is 6.08 Å². The standard InChI is InChI=1S/C38H60O10/c1-7-9-10-11-12-13-14-15-16-17-18-19-32(43)47-34-33(44)25(3)37(6,21-20-28(8-2)24-39)31-23-29(42)22-30-35(45-26(4)40)48-36(38(30,31)34)46-27(5)41/h8,20,22,25,29,31,33-36,39,42,44H,2,7,9-19,21,23-24H2,1,3-6H3/b28-20-/t25-,29+,31+,33-,34+,35+,36-,37-,38-/m0/s1. The second-order valence-corrected chi connectivity index (χ2v) is 14.3. The SMILES string of the molecule is C=C/C(=C/C[C@]1(C)[C@H]2C[C@H](O)C=C3[C@H](OC(C)=O)O[C@H](OC(C)=O)[C@@]32[C@H](OC(=O)CCCCCCCCCCCCC)[C@@H](O)[C@@H]1C)CO. The molecule has 1 spiro atoms. The van der Waals surface area contributed by atoms with E-state index < -0.39 is 71.5 Å². The molecular weight excluding hydrogens is 616 g/mol. The molecule has 3 rings (SSSR count). The molecule has 1 aliphatic heterocycles. The lowest BCUT2D eigenvalue weighted by atomic mass is 9.44. The molecule has 0 amide bonds. The minimum absolute atomic E-state index is 0.155. The summed E-state index contributed by atoms with van der Waals surface area (Å²) in [6.07, 6.45) is 12.0. The number of aliphatic hydroxyl groups is 3. The highest BCUT2D eigenvalue weighted by Crippen LogP contribution is 2.67. The Hall–Kier alpha value is -2.53. The van der Waals surface area contributed by atoms with E-state index in [2.05, 4.69) is 13.5 Å². The van der Waals surface area contributed by atoms with Crippen molar-refractivity contribution in [3.63, 3.8) is 0 Å². The summed E-state index contributed by atoms with van der Waals surface area (Å²) in [5.41, 5.74) is -1.38. The molecule has 0 bridgehead atoms. The van der Waals surface area contributed by atoms with Gasteiger partial charge in [0.15, 0.2) is 0 Å². The maximum atomic E-state index is 13.5. The van der Waals surface area contributed by atoms with Crippen LogP contribution < -0.4 is 0 Å². The molecule has 48 heavy (non-hydrogen) atoms. The summed E-state index contributed by atoms with van der Waals surface area (Å²) >= 11 is 0. The molecule has 0 aromatic carbocycles. The number of rotatable bonds is 19. The van der Waals surface area contributed by atoms with Crippen LogP contribution in [-0.4, -0.2) is 70.7 Å². The zero-order valence-corrected chi connectivity index (χ0v) is 29.8. The van der Waals surface area contributed by atoms with Crippen LogP contribution in [0.2, 0.25) is 0 Å². The zero-order chi connectivity index (χ0) is 35.5. The molecule has 2 fully saturated rings. The Kier molecular flexibility index (Phi) is 15.3. The Balaban J connectivity index is 1.90. The van der Waals surface area contributed by atoms with Gasteiger partial charge in [-0.3, -0.25) is 19.1 Å². The maximum absolute atomic E-state index is 13.5. The van der Waals surface area contributed by atoms with Crippen molar-refractivity contribution in [2.45, 2.75) is 155 Å². The smallest absolute Gasteiger partial charge is 0.306 e. The highest BCUT2D eigenvalue weighted by atomic mass is 16.8. The molecule has 10 heteroatoms. The molecule has 1 saturated carbocycles. The summed E-state index contributed by atoms with van der Waals surface area (Å²) in [4.78, 5) is 38.2. The summed E-state index contributed by atoms with van der Waals surface area (Å²) in [7, 11) is 0. The number of aliphatic hydroxyl groups excluding tert-OH is 3. The van der Waals surface area contributed by atoms with Gasteiger partial charge in [0.1, 0.15) is 11.5 Å².